The molecule has 6 heteroatoms. The molecule has 1 aromatic carbocycles. The molecule has 1 amide bonds. The Labute approximate surface area is 128 Å². The maximum Gasteiger partial charge on any atom is 0.230 e. The highest BCUT2D eigenvalue weighted by atomic mass is 32.2. The van der Waals surface area contributed by atoms with Crippen molar-refractivity contribution < 1.29 is 4.79 Å². The van der Waals surface area contributed by atoms with Crippen molar-refractivity contribution in [1.82, 2.24) is 20.5 Å². The van der Waals surface area contributed by atoms with E-state index in [9.17, 15) is 4.79 Å². The predicted octanol–water partition coefficient (Wildman–Crippen LogP) is 2.10. The Balaban J connectivity index is 1.55. The molecule has 0 aliphatic rings. The number of carbonyl (C=O) groups excluding carboxylic acids is 1. The van der Waals surface area contributed by atoms with Crippen molar-refractivity contribution >= 4 is 17.7 Å². The van der Waals surface area contributed by atoms with Crippen molar-refractivity contribution in [1.29, 1.82) is 0 Å². The van der Waals surface area contributed by atoms with Gasteiger partial charge in [-0.1, -0.05) is 29.8 Å². The summed E-state index contributed by atoms with van der Waals surface area (Å²) in [5.41, 5.74) is 2.52. The van der Waals surface area contributed by atoms with Crippen molar-refractivity contribution in [3.05, 3.63) is 47.5 Å². The third-order valence-electron chi connectivity index (χ3n) is 2.96. The van der Waals surface area contributed by atoms with Gasteiger partial charge in [0, 0.05) is 18.7 Å². The number of H-pyrrole nitrogens is 1. The lowest BCUT2D eigenvalue weighted by Crippen LogP contribution is -2.26. The quantitative estimate of drug-likeness (QED) is 0.733. The zero-order chi connectivity index (χ0) is 14.9. The molecule has 0 atom stereocenters. The molecule has 1 aromatic heterocycles. The van der Waals surface area contributed by atoms with Gasteiger partial charge in [-0.05, 0) is 18.9 Å². The van der Waals surface area contributed by atoms with Crippen molar-refractivity contribution in [2.75, 3.05) is 12.3 Å². The molecule has 112 valence electrons. The molecule has 21 heavy (non-hydrogen) atoms. The molecule has 0 bridgehead atoms. The van der Waals surface area contributed by atoms with Gasteiger partial charge in [-0.3, -0.25) is 9.89 Å². The van der Waals surface area contributed by atoms with Crippen LogP contribution in [0.15, 0.2) is 30.6 Å². The second kappa shape index (κ2) is 8.46. The van der Waals surface area contributed by atoms with Crippen LogP contribution >= 0.6 is 11.8 Å². The lowest BCUT2D eigenvalue weighted by atomic mass is 10.2. The van der Waals surface area contributed by atoms with E-state index >= 15 is 0 Å². The van der Waals surface area contributed by atoms with E-state index in [1.54, 1.807) is 11.8 Å². The summed E-state index contributed by atoms with van der Waals surface area (Å²) in [6.07, 6.45) is 3.16. The zero-order valence-electron chi connectivity index (χ0n) is 12.1. The van der Waals surface area contributed by atoms with Gasteiger partial charge in [0.25, 0.3) is 0 Å². The van der Waals surface area contributed by atoms with Gasteiger partial charge >= 0.3 is 0 Å². The highest BCUT2D eigenvalue weighted by molar-refractivity contribution is 7.99. The number of amides is 1. The van der Waals surface area contributed by atoms with E-state index < -0.39 is 0 Å². The van der Waals surface area contributed by atoms with Crippen LogP contribution in [0.4, 0.5) is 0 Å². The second-order valence-electron chi connectivity index (χ2n) is 4.87. The van der Waals surface area contributed by atoms with Crippen LogP contribution in [0.3, 0.4) is 0 Å². The Morgan fingerprint density at radius 2 is 2.33 bits per heavy atom. The normalized spacial score (nSPS) is 10.5. The molecule has 0 radical (unpaired) electrons. The average molecular weight is 304 g/mol. The number of hydrogen-bond donors (Lipinski definition) is 2. The van der Waals surface area contributed by atoms with Crippen LogP contribution < -0.4 is 5.32 Å². The number of aryl methyl sites for hydroxylation is 2. The number of nitrogens with zero attached hydrogens (tertiary/aromatic N) is 2. The number of nitrogens with one attached hydrogen (secondary N) is 2. The van der Waals surface area contributed by atoms with Crippen molar-refractivity contribution in [2.24, 2.45) is 0 Å². The topological polar surface area (TPSA) is 70.7 Å². The minimum atomic E-state index is 0.0882. The number of benzene rings is 1. The third kappa shape index (κ3) is 5.99. The molecule has 0 saturated heterocycles. The molecule has 1 heterocycles. The van der Waals surface area contributed by atoms with Crippen molar-refractivity contribution in [3.8, 4) is 0 Å². The maximum absolute atomic E-state index is 11.7. The zero-order valence-corrected chi connectivity index (χ0v) is 12.9. The van der Waals surface area contributed by atoms with Crippen LogP contribution in [0, 0.1) is 6.92 Å². The summed E-state index contributed by atoms with van der Waals surface area (Å²) >= 11 is 1.64. The minimum Gasteiger partial charge on any atom is -0.355 e. The first-order chi connectivity index (χ1) is 10.2. The molecular weight excluding hydrogens is 284 g/mol. The number of rotatable bonds is 8. The maximum atomic E-state index is 11.7. The molecule has 2 aromatic rings. The second-order valence-corrected chi connectivity index (χ2v) is 5.85. The predicted molar refractivity (Wildman–Crippen MR) is 85.1 cm³/mol. The molecule has 0 aliphatic heterocycles. The van der Waals surface area contributed by atoms with Gasteiger partial charge in [0.15, 0.2) is 0 Å². The summed E-state index contributed by atoms with van der Waals surface area (Å²) in [7, 11) is 0. The number of aromatic amines is 1. The van der Waals surface area contributed by atoms with Crippen molar-refractivity contribution in [2.45, 2.75) is 25.5 Å². The van der Waals surface area contributed by atoms with Gasteiger partial charge < -0.3 is 5.32 Å². The summed E-state index contributed by atoms with van der Waals surface area (Å²) in [4.78, 5) is 15.7. The van der Waals surface area contributed by atoms with Gasteiger partial charge in [0.1, 0.15) is 12.2 Å². The molecular formula is C15H20N4OS. The average Bonchev–Trinajstić information content (AvgIpc) is 2.97. The minimum absolute atomic E-state index is 0.0882. The van der Waals surface area contributed by atoms with E-state index in [0.717, 1.165) is 24.4 Å². The van der Waals surface area contributed by atoms with E-state index in [1.165, 1.54) is 17.5 Å². The first-order valence-electron chi connectivity index (χ1n) is 6.98. The smallest absolute Gasteiger partial charge is 0.230 e. The number of thioether (sulfide) groups is 1. The Morgan fingerprint density at radius 3 is 3.10 bits per heavy atom. The Morgan fingerprint density at radius 1 is 1.43 bits per heavy atom. The number of hydrogen-bond acceptors (Lipinski definition) is 4. The van der Waals surface area contributed by atoms with Crippen LogP contribution in [0.5, 0.6) is 0 Å². The van der Waals surface area contributed by atoms with E-state index in [1.807, 2.05) is 0 Å². The van der Waals surface area contributed by atoms with E-state index in [4.69, 9.17) is 0 Å². The molecule has 0 unspecified atom stereocenters. The summed E-state index contributed by atoms with van der Waals surface area (Å²) in [6.45, 7) is 2.75. The fraction of sp³-hybridized carbons (Fsp3) is 0.400. The lowest BCUT2D eigenvalue weighted by molar-refractivity contribution is -0.118. The first-order valence-corrected chi connectivity index (χ1v) is 8.14. The Kier molecular flexibility index (Phi) is 6.27. The highest BCUT2D eigenvalue weighted by Gasteiger charge is 2.02. The van der Waals surface area contributed by atoms with Gasteiger partial charge in [-0.25, -0.2) is 4.98 Å². The van der Waals surface area contributed by atoms with Crippen LogP contribution in [-0.2, 0) is 17.0 Å². The number of carbonyl (C=O) groups is 1. The van der Waals surface area contributed by atoms with Crippen LogP contribution in [-0.4, -0.2) is 33.4 Å². The summed E-state index contributed by atoms with van der Waals surface area (Å²) < 4.78 is 0. The monoisotopic (exact) mass is 304 g/mol. The fourth-order valence-corrected chi connectivity index (χ4v) is 2.75. The van der Waals surface area contributed by atoms with Gasteiger partial charge in [0.05, 0.1) is 5.75 Å². The lowest BCUT2D eigenvalue weighted by Gasteiger charge is -2.05. The molecule has 5 nitrogen and oxygen atoms in total. The largest absolute Gasteiger partial charge is 0.355 e. The molecule has 0 saturated carbocycles. The molecule has 0 aliphatic carbocycles. The van der Waals surface area contributed by atoms with E-state index in [-0.39, 0.29) is 5.91 Å². The highest BCUT2D eigenvalue weighted by Crippen LogP contribution is 2.13. The van der Waals surface area contributed by atoms with Crippen molar-refractivity contribution in [3.63, 3.8) is 0 Å². The Hall–Kier alpha value is -1.82. The van der Waals surface area contributed by atoms with Gasteiger partial charge in [0.2, 0.25) is 5.91 Å². The van der Waals surface area contributed by atoms with Crippen LogP contribution in [0.2, 0.25) is 0 Å². The standard InChI is InChI=1S/C15H20N4OS/c1-12-4-2-5-13(8-12)9-21-10-15(20)16-7-3-6-14-17-11-18-19-14/h2,4-5,8,11H,3,6-7,9-10H2,1H3,(H,16,20)(H,17,18,19). The SMILES string of the molecule is Cc1cccc(CSCC(=O)NCCCc2ncn[nH]2)c1. The van der Waals surface area contributed by atoms with Gasteiger partial charge in [-0.2, -0.15) is 5.10 Å². The van der Waals surface area contributed by atoms with Crippen LogP contribution in [0.25, 0.3) is 0 Å². The Bertz CT molecular complexity index is 557. The number of aromatic nitrogens is 3. The molecule has 2 N–H and O–H groups in total. The first kappa shape index (κ1) is 15.6. The van der Waals surface area contributed by atoms with E-state index in [2.05, 4.69) is 51.7 Å². The molecule has 2 rings (SSSR count). The van der Waals surface area contributed by atoms with Gasteiger partial charge in [-0.15, -0.1) is 11.8 Å². The third-order valence-corrected chi connectivity index (χ3v) is 3.97. The molecule has 0 spiro atoms. The summed E-state index contributed by atoms with van der Waals surface area (Å²) in [5, 5.41) is 9.51. The van der Waals surface area contributed by atoms with Crippen LogP contribution in [0.1, 0.15) is 23.4 Å². The summed E-state index contributed by atoms with van der Waals surface area (Å²) in [5.74, 6) is 2.31. The fourth-order valence-electron chi connectivity index (χ4n) is 1.95. The summed E-state index contributed by atoms with van der Waals surface area (Å²) in [6, 6.07) is 8.38. The molecule has 0 fully saturated rings. The van der Waals surface area contributed by atoms with E-state index in [0.29, 0.717) is 12.3 Å².